The van der Waals surface area contributed by atoms with Gasteiger partial charge in [-0.3, -0.25) is 9.59 Å². The summed E-state index contributed by atoms with van der Waals surface area (Å²) in [5.41, 5.74) is 9.82. The molecule has 9 heteroatoms. The molecule has 1 aliphatic rings. The summed E-state index contributed by atoms with van der Waals surface area (Å²) in [5.74, 6) is 0.364. The van der Waals surface area contributed by atoms with Gasteiger partial charge in [-0.25, -0.2) is 15.0 Å². The molecule has 0 bridgehead atoms. The summed E-state index contributed by atoms with van der Waals surface area (Å²) in [6.45, 7) is 10.6. The minimum atomic E-state index is -1.05. The van der Waals surface area contributed by atoms with Crippen LogP contribution in [0.25, 0.3) is 34.2 Å². The first kappa shape index (κ1) is 31.4. The quantitative estimate of drug-likeness (QED) is 0.147. The number of carbonyl (C=O) groups excluding carboxylic acids is 2. The van der Waals surface area contributed by atoms with E-state index < -0.39 is 18.2 Å². The number of phenols is 1. The standard InChI is InChI=1S/C38H36N4O5/c1-21-7-13-29(23(3)15-21)35-39-36(30-14-8-22(2)16-24(30)4)41-37(40-35)31-18-26(17-25(5)34(31)45)20-42(6)28-11-9-27(10-12-28)38-46-32(43)19-33(44)47-38/h7-18,38,45H,19-20H2,1-6H3. The highest BCUT2D eigenvalue weighted by Crippen LogP contribution is 2.35. The Balaban J connectivity index is 1.36. The van der Waals surface area contributed by atoms with Crippen molar-refractivity contribution in [1.82, 2.24) is 15.0 Å². The minimum Gasteiger partial charge on any atom is -0.507 e. The van der Waals surface area contributed by atoms with Crippen molar-refractivity contribution in [2.75, 3.05) is 11.9 Å². The van der Waals surface area contributed by atoms with Crippen LogP contribution in [-0.4, -0.2) is 39.0 Å². The molecule has 238 valence electrons. The third-order valence-electron chi connectivity index (χ3n) is 8.27. The molecular formula is C38H36N4O5. The molecule has 6 rings (SSSR count). The molecule has 1 saturated heterocycles. The third kappa shape index (κ3) is 6.70. The van der Waals surface area contributed by atoms with E-state index in [0.29, 0.717) is 40.7 Å². The van der Waals surface area contributed by atoms with Gasteiger partial charge in [-0.1, -0.05) is 53.6 Å². The van der Waals surface area contributed by atoms with Gasteiger partial charge in [-0.2, -0.15) is 0 Å². The van der Waals surface area contributed by atoms with E-state index in [1.807, 2.05) is 81.2 Å². The molecule has 4 aromatic carbocycles. The number of hydrogen-bond acceptors (Lipinski definition) is 9. The summed E-state index contributed by atoms with van der Waals surface area (Å²) in [7, 11) is 1.96. The van der Waals surface area contributed by atoms with Crippen molar-refractivity contribution in [3.05, 3.63) is 112 Å². The van der Waals surface area contributed by atoms with Gasteiger partial charge in [-0.05, 0) is 87.2 Å². The summed E-state index contributed by atoms with van der Waals surface area (Å²) in [4.78, 5) is 40.2. The molecule has 0 atom stereocenters. The molecule has 0 spiro atoms. The van der Waals surface area contributed by atoms with Crippen molar-refractivity contribution >= 4 is 17.6 Å². The Labute approximate surface area is 273 Å². The van der Waals surface area contributed by atoms with E-state index in [1.165, 1.54) is 0 Å². The maximum absolute atomic E-state index is 11.7. The van der Waals surface area contributed by atoms with Gasteiger partial charge in [-0.15, -0.1) is 0 Å². The number of rotatable bonds is 7. The van der Waals surface area contributed by atoms with E-state index in [9.17, 15) is 14.7 Å². The number of carbonyl (C=O) groups is 2. The molecule has 47 heavy (non-hydrogen) atoms. The topological polar surface area (TPSA) is 115 Å². The number of nitrogens with zero attached hydrogens (tertiary/aromatic N) is 4. The predicted octanol–water partition coefficient (Wildman–Crippen LogP) is 7.25. The number of hydrogen-bond donors (Lipinski definition) is 1. The van der Waals surface area contributed by atoms with Gasteiger partial charge in [0, 0.05) is 36.0 Å². The van der Waals surface area contributed by atoms with Gasteiger partial charge in [0.2, 0.25) is 0 Å². The highest BCUT2D eigenvalue weighted by molar-refractivity contribution is 5.92. The summed E-state index contributed by atoms with van der Waals surface area (Å²) < 4.78 is 10.4. The zero-order valence-electron chi connectivity index (χ0n) is 27.3. The first-order chi connectivity index (χ1) is 22.4. The van der Waals surface area contributed by atoms with Gasteiger partial charge in [0.25, 0.3) is 6.29 Å². The zero-order chi connectivity index (χ0) is 33.4. The number of aryl methyl sites for hydroxylation is 5. The second-order valence-electron chi connectivity index (χ2n) is 12.2. The van der Waals surface area contributed by atoms with Crippen LogP contribution in [0, 0.1) is 34.6 Å². The lowest BCUT2D eigenvalue weighted by atomic mass is 10.0. The lowest BCUT2D eigenvalue weighted by molar-refractivity contribution is -0.204. The molecule has 5 aromatic rings. The van der Waals surface area contributed by atoms with Crippen molar-refractivity contribution < 1.29 is 24.2 Å². The maximum atomic E-state index is 11.7. The molecule has 0 amide bonds. The molecule has 0 radical (unpaired) electrons. The summed E-state index contributed by atoms with van der Waals surface area (Å²) in [5, 5.41) is 11.3. The molecular weight excluding hydrogens is 592 g/mol. The normalized spacial score (nSPS) is 13.3. The maximum Gasteiger partial charge on any atom is 0.320 e. The van der Waals surface area contributed by atoms with E-state index in [4.69, 9.17) is 24.4 Å². The number of benzene rings is 4. The van der Waals surface area contributed by atoms with Crippen molar-refractivity contribution in [1.29, 1.82) is 0 Å². The lowest BCUT2D eigenvalue weighted by Crippen LogP contribution is -2.26. The monoisotopic (exact) mass is 628 g/mol. The number of cyclic esters (lactones) is 2. The number of phenolic OH excluding ortho intramolecular Hbond substituents is 1. The van der Waals surface area contributed by atoms with Crippen molar-refractivity contribution in [3.8, 4) is 39.9 Å². The molecule has 0 unspecified atom stereocenters. The zero-order valence-corrected chi connectivity index (χ0v) is 27.3. The second kappa shape index (κ2) is 12.7. The fourth-order valence-corrected chi connectivity index (χ4v) is 5.83. The van der Waals surface area contributed by atoms with E-state index in [1.54, 1.807) is 12.1 Å². The Kier molecular flexibility index (Phi) is 8.47. The fraction of sp³-hybridized carbons (Fsp3) is 0.237. The average Bonchev–Trinajstić information content (AvgIpc) is 3.02. The number of anilines is 1. The molecule has 2 heterocycles. The van der Waals surface area contributed by atoms with Crippen LogP contribution in [0.5, 0.6) is 5.75 Å². The average molecular weight is 629 g/mol. The van der Waals surface area contributed by atoms with Crippen LogP contribution in [0.2, 0.25) is 0 Å². The number of aromatic nitrogens is 3. The van der Waals surface area contributed by atoms with Gasteiger partial charge in [0.1, 0.15) is 12.2 Å². The highest BCUT2D eigenvalue weighted by atomic mass is 16.7. The molecule has 1 N–H and O–H groups in total. The van der Waals surface area contributed by atoms with Crippen molar-refractivity contribution in [2.24, 2.45) is 0 Å². The Bertz CT molecular complexity index is 1940. The Morgan fingerprint density at radius 1 is 0.681 bits per heavy atom. The van der Waals surface area contributed by atoms with E-state index in [-0.39, 0.29) is 12.2 Å². The smallest absolute Gasteiger partial charge is 0.320 e. The summed E-state index contributed by atoms with van der Waals surface area (Å²) in [6, 6.07) is 23.5. The molecule has 9 nitrogen and oxygen atoms in total. The van der Waals surface area contributed by atoms with Crippen molar-refractivity contribution in [2.45, 2.75) is 53.9 Å². The summed E-state index contributed by atoms with van der Waals surface area (Å²) >= 11 is 0. The third-order valence-corrected chi connectivity index (χ3v) is 8.27. The molecule has 1 aliphatic heterocycles. The van der Waals surface area contributed by atoms with E-state index in [0.717, 1.165) is 44.6 Å². The van der Waals surface area contributed by atoms with E-state index in [2.05, 4.69) is 26.0 Å². The predicted molar refractivity (Wildman–Crippen MR) is 180 cm³/mol. The van der Waals surface area contributed by atoms with Gasteiger partial charge in [0.15, 0.2) is 17.5 Å². The largest absolute Gasteiger partial charge is 0.507 e. The van der Waals surface area contributed by atoms with Crippen LogP contribution in [0.1, 0.15) is 51.7 Å². The van der Waals surface area contributed by atoms with Crippen LogP contribution >= 0.6 is 0 Å². The molecule has 0 saturated carbocycles. The Morgan fingerprint density at radius 2 is 1.19 bits per heavy atom. The van der Waals surface area contributed by atoms with Crippen LogP contribution in [0.3, 0.4) is 0 Å². The van der Waals surface area contributed by atoms with Gasteiger partial charge < -0.3 is 19.5 Å². The first-order valence-corrected chi connectivity index (χ1v) is 15.4. The van der Waals surface area contributed by atoms with Crippen LogP contribution in [0.4, 0.5) is 5.69 Å². The van der Waals surface area contributed by atoms with Crippen LogP contribution < -0.4 is 4.90 Å². The molecule has 0 aliphatic carbocycles. The SMILES string of the molecule is Cc1ccc(-c2nc(-c3ccc(C)cc3C)nc(-c3cc(CN(C)c4ccc(C5OC(=O)CC(=O)O5)cc4)cc(C)c3O)n2)c(C)c1. The Morgan fingerprint density at radius 3 is 1.70 bits per heavy atom. The van der Waals surface area contributed by atoms with Crippen molar-refractivity contribution in [3.63, 3.8) is 0 Å². The van der Waals surface area contributed by atoms with E-state index >= 15 is 0 Å². The molecule has 1 fully saturated rings. The minimum absolute atomic E-state index is 0.113. The lowest BCUT2D eigenvalue weighted by Gasteiger charge is -2.24. The number of ether oxygens (including phenoxy) is 2. The number of esters is 2. The van der Waals surface area contributed by atoms with Gasteiger partial charge >= 0.3 is 11.9 Å². The first-order valence-electron chi connectivity index (χ1n) is 15.4. The molecule has 1 aromatic heterocycles. The summed E-state index contributed by atoms with van der Waals surface area (Å²) in [6.07, 6.45) is -1.43. The second-order valence-corrected chi connectivity index (χ2v) is 12.2. The number of aromatic hydroxyl groups is 1. The Hall–Kier alpha value is -5.57. The van der Waals surface area contributed by atoms with Crippen LogP contribution in [-0.2, 0) is 25.6 Å². The fourth-order valence-electron chi connectivity index (χ4n) is 5.83. The van der Waals surface area contributed by atoms with Crippen LogP contribution in [0.15, 0.2) is 72.8 Å². The highest BCUT2D eigenvalue weighted by Gasteiger charge is 2.29. The van der Waals surface area contributed by atoms with Gasteiger partial charge in [0.05, 0.1) is 5.56 Å².